The molecule has 5 heteroatoms. The maximum atomic E-state index is 12.9. The Morgan fingerprint density at radius 2 is 1.93 bits per heavy atom. The first kappa shape index (κ1) is 9.64. The van der Waals surface area contributed by atoms with Crippen LogP contribution in [0.1, 0.15) is 5.69 Å². The summed E-state index contributed by atoms with van der Waals surface area (Å²) < 4.78 is 27.0. The van der Waals surface area contributed by atoms with E-state index < -0.39 is 11.6 Å². The third-order valence-corrected chi connectivity index (χ3v) is 2.01. The Morgan fingerprint density at radius 1 is 1.20 bits per heavy atom. The molecular weight excluding hydrogens is 200 g/mol. The number of rotatable bonds is 1. The van der Waals surface area contributed by atoms with Crippen molar-refractivity contribution in [2.75, 3.05) is 5.73 Å². The predicted molar refractivity (Wildman–Crippen MR) is 52.6 cm³/mol. The molecule has 0 aliphatic heterocycles. The first-order valence-electron chi connectivity index (χ1n) is 4.35. The van der Waals surface area contributed by atoms with Crippen molar-refractivity contribution in [3.05, 3.63) is 41.6 Å². The van der Waals surface area contributed by atoms with Gasteiger partial charge >= 0.3 is 0 Å². The Kier molecular flexibility index (Phi) is 2.15. The Bertz CT molecular complexity index is 505. The van der Waals surface area contributed by atoms with Crippen molar-refractivity contribution < 1.29 is 8.78 Å². The fourth-order valence-corrected chi connectivity index (χ4v) is 1.34. The van der Waals surface area contributed by atoms with Crippen molar-refractivity contribution in [2.24, 2.45) is 0 Å². The molecule has 1 aromatic carbocycles. The molecule has 0 unspecified atom stereocenters. The van der Waals surface area contributed by atoms with E-state index in [0.717, 1.165) is 17.8 Å². The van der Waals surface area contributed by atoms with Gasteiger partial charge < -0.3 is 5.73 Å². The zero-order chi connectivity index (χ0) is 11.0. The van der Waals surface area contributed by atoms with Gasteiger partial charge in [0.1, 0.15) is 5.82 Å². The molecule has 1 heterocycles. The van der Waals surface area contributed by atoms with Gasteiger partial charge in [0.25, 0.3) is 0 Å². The van der Waals surface area contributed by atoms with Crippen molar-refractivity contribution in [1.29, 1.82) is 0 Å². The van der Waals surface area contributed by atoms with Crippen molar-refractivity contribution in [1.82, 2.24) is 9.78 Å². The summed E-state index contributed by atoms with van der Waals surface area (Å²) in [6.45, 7) is 1.77. The van der Waals surface area contributed by atoms with Crippen LogP contribution in [-0.2, 0) is 0 Å². The Balaban J connectivity index is 2.54. The van der Waals surface area contributed by atoms with Gasteiger partial charge in [-0.3, -0.25) is 0 Å². The number of hydrogen-bond donors (Lipinski definition) is 1. The van der Waals surface area contributed by atoms with Gasteiger partial charge in [-0.05, 0) is 19.1 Å². The van der Waals surface area contributed by atoms with Crippen LogP contribution in [0.5, 0.6) is 0 Å². The largest absolute Gasteiger partial charge is 0.384 e. The molecule has 78 valence electrons. The highest BCUT2D eigenvalue weighted by molar-refractivity contribution is 5.42. The van der Waals surface area contributed by atoms with E-state index in [1.54, 1.807) is 13.0 Å². The molecular formula is C10H9F2N3. The minimum Gasteiger partial charge on any atom is -0.384 e. The van der Waals surface area contributed by atoms with E-state index in [0.29, 0.717) is 11.5 Å². The third-order valence-electron chi connectivity index (χ3n) is 2.01. The number of anilines is 1. The smallest absolute Gasteiger partial charge is 0.160 e. The highest BCUT2D eigenvalue weighted by atomic mass is 19.2. The fraction of sp³-hybridized carbons (Fsp3) is 0.100. The Morgan fingerprint density at radius 3 is 2.47 bits per heavy atom. The predicted octanol–water partition coefficient (Wildman–Crippen LogP) is 2.04. The van der Waals surface area contributed by atoms with Crippen LogP contribution in [0, 0.1) is 18.6 Å². The molecule has 0 spiro atoms. The van der Waals surface area contributed by atoms with Crippen LogP contribution in [0.3, 0.4) is 0 Å². The summed E-state index contributed by atoms with van der Waals surface area (Å²) in [5.41, 5.74) is 6.77. The highest BCUT2D eigenvalue weighted by Crippen LogP contribution is 2.16. The zero-order valence-electron chi connectivity index (χ0n) is 8.04. The summed E-state index contributed by atoms with van der Waals surface area (Å²) in [5.74, 6) is -1.42. The average molecular weight is 209 g/mol. The molecule has 2 rings (SSSR count). The van der Waals surface area contributed by atoms with E-state index in [2.05, 4.69) is 5.10 Å². The maximum absolute atomic E-state index is 12.9. The second-order valence-corrected chi connectivity index (χ2v) is 3.22. The SMILES string of the molecule is Cc1cc(N)n(-c2ccc(F)c(F)c2)n1. The molecule has 15 heavy (non-hydrogen) atoms. The molecule has 0 aliphatic rings. The maximum Gasteiger partial charge on any atom is 0.160 e. The molecule has 2 aromatic rings. The monoisotopic (exact) mass is 209 g/mol. The Labute approximate surface area is 85.1 Å². The summed E-state index contributed by atoms with van der Waals surface area (Å²) in [7, 11) is 0. The number of nitrogen functional groups attached to an aromatic ring is 1. The first-order valence-corrected chi connectivity index (χ1v) is 4.35. The average Bonchev–Trinajstić information content (AvgIpc) is 2.50. The molecule has 2 N–H and O–H groups in total. The third kappa shape index (κ3) is 1.68. The number of nitrogens with zero attached hydrogens (tertiary/aromatic N) is 2. The number of aromatic nitrogens is 2. The van der Waals surface area contributed by atoms with E-state index in [9.17, 15) is 8.78 Å². The van der Waals surface area contributed by atoms with Crippen LogP contribution in [0.15, 0.2) is 24.3 Å². The van der Waals surface area contributed by atoms with E-state index in [4.69, 9.17) is 5.73 Å². The van der Waals surface area contributed by atoms with Crippen LogP contribution >= 0.6 is 0 Å². The number of aryl methyl sites for hydroxylation is 1. The molecule has 0 saturated heterocycles. The van der Waals surface area contributed by atoms with Crippen LogP contribution in [0.4, 0.5) is 14.6 Å². The van der Waals surface area contributed by atoms with Gasteiger partial charge in [-0.2, -0.15) is 5.10 Å². The zero-order valence-corrected chi connectivity index (χ0v) is 8.04. The van der Waals surface area contributed by atoms with Crippen molar-refractivity contribution >= 4 is 5.82 Å². The number of nitrogens with two attached hydrogens (primary N) is 1. The number of benzene rings is 1. The minimum absolute atomic E-state index is 0.388. The molecule has 1 aromatic heterocycles. The lowest BCUT2D eigenvalue weighted by molar-refractivity contribution is 0.507. The van der Waals surface area contributed by atoms with E-state index in [1.165, 1.54) is 10.7 Å². The topological polar surface area (TPSA) is 43.8 Å². The first-order chi connectivity index (χ1) is 7.08. The van der Waals surface area contributed by atoms with Gasteiger partial charge in [0.15, 0.2) is 11.6 Å². The van der Waals surface area contributed by atoms with E-state index >= 15 is 0 Å². The van der Waals surface area contributed by atoms with Crippen LogP contribution in [0.2, 0.25) is 0 Å². The van der Waals surface area contributed by atoms with Gasteiger partial charge in [0.2, 0.25) is 0 Å². The minimum atomic E-state index is -0.917. The summed E-state index contributed by atoms with van der Waals surface area (Å²) in [5, 5.41) is 4.05. The second kappa shape index (κ2) is 3.34. The van der Waals surface area contributed by atoms with Gasteiger partial charge in [0.05, 0.1) is 11.4 Å². The molecule has 3 nitrogen and oxygen atoms in total. The van der Waals surface area contributed by atoms with Crippen molar-refractivity contribution in [3.8, 4) is 5.69 Å². The second-order valence-electron chi connectivity index (χ2n) is 3.22. The molecule has 0 atom stereocenters. The lowest BCUT2D eigenvalue weighted by atomic mass is 10.3. The van der Waals surface area contributed by atoms with Gasteiger partial charge in [0, 0.05) is 12.1 Å². The molecule has 0 fully saturated rings. The lowest BCUT2D eigenvalue weighted by Crippen LogP contribution is -2.02. The van der Waals surface area contributed by atoms with Crippen molar-refractivity contribution in [2.45, 2.75) is 6.92 Å². The highest BCUT2D eigenvalue weighted by Gasteiger charge is 2.07. The molecule has 0 aliphatic carbocycles. The fourth-order valence-electron chi connectivity index (χ4n) is 1.34. The van der Waals surface area contributed by atoms with Crippen LogP contribution < -0.4 is 5.73 Å². The van der Waals surface area contributed by atoms with E-state index in [1.807, 2.05) is 0 Å². The molecule has 0 saturated carbocycles. The number of halogens is 2. The summed E-state index contributed by atoms with van der Waals surface area (Å²) in [6, 6.07) is 5.17. The summed E-state index contributed by atoms with van der Waals surface area (Å²) >= 11 is 0. The van der Waals surface area contributed by atoms with Crippen LogP contribution in [0.25, 0.3) is 5.69 Å². The Hall–Kier alpha value is -1.91. The normalized spacial score (nSPS) is 10.6. The van der Waals surface area contributed by atoms with E-state index in [-0.39, 0.29) is 0 Å². The lowest BCUT2D eigenvalue weighted by Gasteiger charge is -2.03. The number of hydrogen-bond acceptors (Lipinski definition) is 2. The van der Waals surface area contributed by atoms with Gasteiger partial charge in [-0.1, -0.05) is 0 Å². The van der Waals surface area contributed by atoms with Gasteiger partial charge in [-0.25, -0.2) is 13.5 Å². The van der Waals surface area contributed by atoms with Crippen LogP contribution in [-0.4, -0.2) is 9.78 Å². The molecule has 0 amide bonds. The molecule has 0 radical (unpaired) electrons. The summed E-state index contributed by atoms with van der Waals surface area (Å²) in [6.07, 6.45) is 0. The summed E-state index contributed by atoms with van der Waals surface area (Å²) in [4.78, 5) is 0. The quantitative estimate of drug-likeness (QED) is 0.781. The standard InChI is InChI=1S/C10H9F2N3/c1-6-4-10(13)15(14-6)7-2-3-8(11)9(12)5-7/h2-5H,13H2,1H3. The molecule has 0 bridgehead atoms. The van der Waals surface area contributed by atoms with Gasteiger partial charge in [-0.15, -0.1) is 0 Å². The van der Waals surface area contributed by atoms with Crippen molar-refractivity contribution in [3.63, 3.8) is 0 Å².